The summed E-state index contributed by atoms with van der Waals surface area (Å²) in [6.07, 6.45) is 11.1. The van der Waals surface area contributed by atoms with Crippen molar-refractivity contribution in [3.05, 3.63) is 0 Å². The van der Waals surface area contributed by atoms with Crippen LogP contribution in [0.4, 0.5) is 0 Å². The third-order valence-corrected chi connectivity index (χ3v) is 10.7. The van der Waals surface area contributed by atoms with Gasteiger partial charge in [-0.1, -0.05) is 55.4 Å². The molecule has 5 aliphatic rings. The van der Waals surface area contributed by atoms with E-state index in [0.29, 0.717) is 0 Å². The smallest absolute Gasteiger partial charge is 0.0655 e. The highest BCUT2D eigenvalue weighted by atomic mass is 16.5. The first-order valence-corrected chi connectivity index (χ1v) is 13.5. The number of ether oxygens (including phenoxy) is 4. The van der Waals surface area contributed by atoms with Crippen molar-refractivity contribution in [3.63, 3.8) is 0 Å². The minimum atomic E-state index is 0.0207. The van der Waals surface area contributed by atoms with E-state index < -0.39 is 0 Å². The highest BCUT2D eigenvalue weighted by Gasteiger charge is 2.56. The van der Waals surface area contributed by atoms with Gasteiger partial charge in [-0.3, -0.25) is 0 Å². The quantitative estimate of drug-likeness (QED) is 0.436. The molecule has 8 bridgehead atoms. The van der Waals surface area contributed by atoms with Gasteiger partial charge in [0.15, 0.2) is 0 Å². The van der Waals surface area contributed by atoms with E-state index in [4.69, 9.17) is 18.9 Å². The number of hydrogen-bond acceptors (Lipinski definition) is 4. The van der Waals surface area contributed by atoms with Crippen molar-refractivity contribution in [1.82, 2.24) is 0 Å². The van der Waals surface area contributed by atoms with Crippen LogP contribution >= 0.6 is 0 Å². The molecular weight excluding hydrogens is 400 g/mol. The average molecular weight is 449 g/mol. The Bertz CT molecular complexity index is 542. The van der Waals surface area contributed by atoms with Crippen molar-refractivity contribution in [3.8, 4) is 0 Å². The van der Waals surface area contributed by atoms with Crippen LogP contribution < -0.4 is 0 Å². The first kappa shape index (κ1) is 23.6. The van der Waals surface area contributed by atoms with Gasteiger partial charge in [-0.2, -0.15) is 0 Å². The fourth-order valence-corrected chi connectivity index (χ4v) is 7.76. The van der Waals surface area contributed by atoms with E-state index in [0.717, 1.165) is 51.4 Å². The molecule has 5 fully saturated rings. The van der Waals surface area contributed by atoms with E-state index in [-0.39, 0.29) is 70.5 Å². The lowest BCUT2D eigenvalue weighted by Gasteiger charge is -2.43. The van der Waals surface area contributed by atoms with Gasteiger partial charge in [0.25, 0.3) is 0 Å². The highest BCUT2D eigenvalue weighted by molar-refractivity contribution is 5.04. The van der Waals surface area contributed by atoms with Crippen molar-refractivity contribution in [2.45, 2.75) is 156 Å². The van der Waals surface area contributed by atoms with Crippen molar-refractivity contribution < 1.29 is 18.9 Å². The van der Waals surface area contributed by atoms with Gasteiger partial charge in [0.1, 0.15) is 0 Å². The number of rotatable bonds is 0. The van der Waals surface area contributed by atoms with Crippen LogP contribution in [0.1, 0.15) is 107 Å². The van der Waals surface area contributed by atoms with Crippen LogP contribution in [0.25, 0.3) is 0 Å². The van der Waals surface area contributed by atoms with E-state index in [1.165, 1.54) is 0 Å². The lowest BCUT2D eigenvalue weighted by Crippen LogP contribution is -2.48. The van der Waals surface area contributed by atoms with Gasteiger partial charge in [-0.15, -0.1) is 0 Å². The topological polar surface area (TPSA) is 36.9 Å². The Hall–Kier alpha value is -0.160. The fourth-order valence-electron chi connectivity index (χ4n) is 7.76. The predicted octanol–water partition coefficient (Wildman–Crippen LogP) is 6.30. The maximum absolute atomic E-state index is 6.87. The molecule has 0 radical (unpaired) electrons. The van der Waals surface area contributed by atoms with Crippen LogP contribution in [-0.2, 0) is 18.9 Å². The van der Waals surface area contributed by atoms with Gasteiger partial charge in [0.2, 0.25) is 0 Å². The minimum absolute atomic E-state index is 0.0207. The molecule has 0 aromatic rings. The Morgan fingerprint density at radius 1 is 0.312 bits per heavy atom. The molecule has 5 rings (SSSR count). The summed E-state index contributed by atoms with van der Waals surface area (Å²) >= 11 is 0. The molecular formula is C28H48O4. The molecule has 32 heavy (non-hydrogen) atoms. The molecule has 5 saturated heterocycles. The van der Waals surface area contributed by atoms with Gasteiger partial charge in [-0.25, -0.2) is 0 Å². The summed E-state index contributed by atoms with van der Waals surface area (Å²) in [7, 11) is 0. The summed E-state index contributed by atoms with van der Waals surface area (Å²) < 4.78 is 27.5. The second kappa shape index (κ2) is 7.67. The van der Waals surface area contributed by atoms with Crippen LogP contribution in [0, 0.1) is 21.7 Å². The third-order valence-electron chi connectivity index (χ3n) is 10.7. The Morgan fingerprint density at radius 2 is 0.438 bits per heavy atom. The molecule has 184 valence electrons. The predicted molar refractivity (Wildman–Crippen MR) is 127 cm³/mol. The van der Waals surface area contributed by atoms with E-state index in [9.17, 15) is 0 Å². The number of hydrogen-bond donors (Lipinski definition) is 0. The molecule has 0 unspecified atom stereocenters. The number of fused-ring (bicyclic) bond motifs is 8. The van der Waals surface area contributed by atoms with E-state index in [1.807, 2.05) is 0 Å². The van der Waals surface area contributed by atoms with Crippen molar-refractivity contribution >= 4 is 0 Å². The van der Waals surface area contributed by atoms with Crippen LogP contribution in [0.5, 0.6) is 0 Å². The van der Waals surface area contributed by atoms with Crippen LogP contribution in [0.3, 0.4) is 0 Å². The van der Waals surface area contributed by atoms with Crippen molar-refractivity contribution in [1.29, 1.82) is 0 Å². The Labute approximate surface area is 196 Å². The molecule has 0 aromatic carbocycles. The van der Waals surface area contributed by atoms with Crippen molar-refractivity contribution in [2.24, 2.45) is 21.7 Å². The van der Waals surface area contributed by atoms with Gasteiger partial charge < -0.3 is 18.9 Å². The second-order valence-corrected chi connectivity index (χ2v) is 14.0. The molecule has 4 heteroatoms. The molecule has 0 saturated carbocycles. The molecule has 0 spiro atoms. The maximum atomic E-state index is 6.87. The molecule has 5 aliphatic heterocycles. The van der Waals surface area contributed by atoms with Crippen molar-refractivity contribution in [2.75, 3.05) is 0 Å². The van der Waals surface area contributed by atoms with Gasteiger partial charge in [0.05, 0.1) is 48.8 Å². The SMILES string of the molecule is CC1(C)[C@@H]2CC[C@H](O2)C(C)(C)[C@H]2CC[C@H](O2)C(C)(C)[C@H]2CC[C@H](O2)C(C)(C)[C@H]2CC[C@@H]1O2. The molecule has 0 aromatic heterocycles. The molecule has 0 aliphatic carbocycles. The zero-order chi connectivity index (χ0) is 23.1. The Balaban J connectivity index is 1.48. The summed E-state index contributed by atoms with van der Waals surface area (Å²) in [5, 5.41) is 0. The maximum Gasteiger partial charge on any atom is 0.0655 e. The lowest BCUT2D eigenvalue weighted by atomic mass is 9.76. The summed E-state index contributed by atoms with van der Waals surface area (Å²) in [5.41, 5.74) is 0.0828. The summed E-state index contributed by atoms with van der Waals surface area (Å²) in [6.45, 7) is 19.0. The molecule has 8 atom stereocenters. The van der Waals surface area contributed by atoms with E-state index in [2.05, 4.69) is 55.4 Å². The third kappa shape index (κ3) is 3.53. The minimum Gasteiger partial charge on any atom is -0.374 e. The Kier molecular flexibility index (Phi) is 5.65. The fraction of sp³-hybridized carbons (Fsp3) is 1.00. The lowest BCUT2D eigenvalue weighted by molar-refractivity contribution is -0.183. The summed E-state index contributed by atoms with van der Waals surface area (Å²) in [6, 6.07) is 0. The zero-order valence-electron chi connectivity index (χ0n) is 21.9. The molecule has 4 nitrogen and oxygen atoms in total. The monoisotopic (exact) mass is 448 g/mol. The molecule has 0 N–H and O–H groups in total. The van der Waals surface area contributed by atoms with Gasteiger partial charge in [-0.05, 0) is 51.4 Å². The van der Waals surface area contributed by atoms with Crippen LogP contribution in [0.15, 0.2) is 0 Å². The zero-order valence-corrected chi connectivity index (χ0v) is 21.9. The molecule has 5 heterocycles. The first-order valence-electron chi connectivity index (χ1n) is 13.5. The average Bonchev–Trinajstić information content (AvgIpc) is 3.53. The first-order chi connectivity index (χ1) is 14.8. The molecule has 0 amide bonds. The summed E-state index contributed by atoms with van der Waals surface area (Å²) in [4.78, 5) is 0. The highest BCUT2D eigenvalue weighted by Crippen LogP contribution is 2.53. The Morgan fingerprint density at radius 3 is 0.562 bits per heavy atom. The largest absolute Gasteiger partial charge is 0.374 e. The van der Waals surface area contributed by atoms with E-state index in [1.54, 1.807) is 0 Å². The normalized spacial score (nSPS) is 48.8. The van der Waals surface area contributed by atoms with Gasteiger partial charge in [0, 0.05) is 21.7 Å². The van der Waals surface area contributed by atoms with Crippen LogP contribution in [0.2, 0.25) is 0 Å². The van der Waals surface area contributed by atoms with Gasteiger partial charge >= 0.3 is 0 Å². The summed E-state index contributed by atoms with van der Waals surface area (Å²) in [5.74, 6) is 0. The van der Waals surface area contributed by atoms with E-state index >= 15 is 0 Å². The standard InChI is InChI=1S/C28H48O4/c1-25(2)17-9-11-19(29-17)26(3,4)21-13-15-23(31-21)28(7,8)24-16-14-22(32-24)27(5,6)20-12-10-18(25)30-20/h17-24H,9-16H2,1-8H3/t17-,18-,19-,20+,21+,22-,23-,24+/m0/s1. The van der Waals surface area contributed by atoms with Crippen LogP contribution in [-0.4, -0.2) is 48.8 Å². The second-order valence-electron chi connectivity index (χ2n) is 14.0.